The van der Waals surface area contributed by atoms with Crippen molar-refractivity contribution in [1.29, 1.82) is 5.26 Å². The van der Waals surface area contributed by atoms with Crippen LogP contribution in [0.4, 0.5) is 0 Å². The van der Waals surface area contributed by atoms with E-state index in [9.17, 15) is 18.5 Å². The zero-order valence-corrected chi connectivity index (χ0v) is 17.1. The van der Waals surface area contributed by atoms with Crippen LogP contribution in [-0.4, -0.2) is 86.5 Å². The maximum absolute atomic E-state index is 12.9. The minimum absolute atomic E-state index is 0.00997. The van der Waals surface area contributed by atoms with Gasteiger partial charge in [-0.25, -0.2) is 8.42 Å². The summed E-state index contributed by atoms with van der Waals surface area (Å²) in [6.45, 7) is 6.90. The smallest absolute Gasteiger partial charge is 0.244 e. The Bertz CT molecular complexity index is 849. The van der Waals surface area contributed by atoms with Gasteiger partial charge in [0.15, 0.2) is 0 Å². The normalized spacial score (nSPS) is 24.7. The van der Waals surface area contributed by atoms with E-state index in [-0.39, 0.29) is 41.7 Å². The highest BCUT2D eigenvalue weighted by atomic mass is 32.2. The molecule has 9 heteroatoms. The van der Waals surface area contributed by atoms with Crippen LogP contribution in [0.2, 0.25) is 0 Å². The predicted octanol–water partition coefficient (Wildman–Crippen LogP) is 0.500. The first-order valence-electron chi connectivity index (χ1n) is 9.46. The third-order valence-electron chi connectivity index (χ3n) is 5.07. The summed E-state index contributed by atoms with van der Waals surface area (Å²) in [5, 5.41) is 9.19. The molecule has 0 aromatic heterocycles. The summed E-state index contributed by atoms with van der Waals surface area (Å²) in [4.78, 5) is 16.5. The molecule has 1 aromatic carbocycles. The molecule has 152 valence electrons. The van der Waals surface area contributed by atoms with Gasteiger partial charge in [0.1, 0.15) is 6.07 Å². The van der Waals surface area contributed by atoms with Crippen molar-refractivity contribution in [2.45, 2.75) is 31.0 Å². The minimum Gasteiger partial charge on any atom is -0.373 e. The summed E-state index contributed by atoms with van der Waals surface area (Å²) < 4.78 is 32.8. The van der Waals surface area contributed by atoms with Gasteiger partial charge in [-0.15, -0.1) is 0 Å². The Hall–Kier alpha value is -1.99. The number of rotatable bonds is 4. The van der Waals surface area contributed by atoms with Crippen LogP contribution in [0.3, 0.4) is 0 Å². The first-order valence-corrected chi connectivity index (χ1v) is 10.9. The molecule has 2 atom stereocenters. The summed E-state index contributed by atoms with van der Waals surface area (Å²) in [5.74, 6) is 0.00997. The Morgan fingerprint density at radius 1 is 1.14 bits per heavy atom. The Labute approximate surface area is 166 Å². The molecule has 28 heavy (non-hydrogen) atoms. The highest BCUT2D eigenvalue weighted by molar-refractivity contribution is 7.89. The molecule has 2 saturated heterocycles. The van der Waals surface area contributed by atoms with Crippen molar-refractivity contribution in [3.05, 3.63) is 29.8 Å². The molecule has 2 heterocycles. The zero-order valence-electron chi connectivity index (χ0n) is 16.2. The SMILES string of the molecule is CC1CN(CC(=O)N2CCN(S(=O)(=O)c3ccccc3C#N)CC2)CC(C)O1. The second-order valence-corrected chi connectivity index (χ2v) is 9.25. The lowest BCUT2D eigenvalue weighted by Crippen LogP contribution is -2.54. The molecule has 0 saturated carbocycles. The van der Waals surface area contributed by atoms with Crippen LogP contribution in [0, 0.1) is 11.3 Å². The predicted molar refractivity (Wildman–Crippen MR) is 103 cm³/mol. The van der Waals surface area contributed by atoms with Crippen LogP contribution in [0.15, 0.2) is 29.2 Å². The van der Waals surface area contributed by atoms with Gasteiger partial charge in [-0.1, -0.05) is 12.1 Å². The van der Waals surface area contributed by atoms with Crippen molar-refractivity contribution >= 4 is 15.9 Å². The van der Waals surface area contributed by atoms with Crippen molar-refractivity contribution in [3.63, 3.8) is 0 Å². The number of piperazine rings is 1. The van der Waals surface area contributed by atoms with E-state index in [1.54, 1.807) is 17.0 Å². The molecule has 8 nitrogen and oxygen atoms in total. The molecule has 0 spiro atoms. The summed E-state index contributed by atoms with van der Waals surface area (Å²) in [6.07, 6.45) is 0.192. The standard InChI is InChI=1S/C19H26N4O4S/c1-15-12-21(13-16(2)27-15)14-19(24)22-7-9-23(10-8-22)28(25,26)18-6-4-3-5-17(18)11-20/h3-6,15-16H,7-10,12-14H2,1-2H3. The first kappa shape index (κ1) is 20.7. The summed E-state index contributed by atoms with van der Waals surface area (Å²) in [5.41, 5.74) is 0.136. The molecule has 2 fully saturated rings. The lowest BCUT2D eigenvalue weighted by atomic mass is 10.2. The van der Waals surface area contributed by atoms with Crippen LogP contribution in [-0.2, 0) is 19.6 Å². The molecule has 1 amide bonds. The lowest BCUT2D eigenvalue weighted by molar-refractivity contribution is -0.137. The Balaban J connectivity index is 1.59. The molecule has 1 aromatic rings. The number of sulfonamides is 1. The van der Waals surface area contributed by atoms with Gasteiger partial charge < -0.3 is 9.64 Å². The Morgan fingerprint density at radius 2 is 1.75 bits per heavy atom. The van der Waals surface area contributed by atoms with E-state index in [4.69, 9.17) is 4.74 Å². The van der Waals surface area contributed by atoms with Gasteiger partial charge in [-0.2, -0.15) is 9.57 Å². The number of amides is 1. The van der Waals surface area contributed by atoms with Crippen molar-refractivity contribution in [2.75, 3.05) is 45.8 Å². The summed E-state index contributed by atoms with van der Waals surface area (Å²) >= 11 is 0. The van der Waals surface area contributed by atoms with Crippen LogP contribution >= 0.6 is 0 Å². The molecular formula is C19H26N4O4S. The fourth-order valence-electron chi connectivity index (χ4n) is 3.81. The second kappa shape index (κ2) is 8.57. The number of carbonyl (C=O) groups excluding carboxylic acids is 1. The van der Waals surface area contributed by atoms with E-state index >= 15 is 0 Å². The van der Waals surface area contributed by atoms with Gasteiger partial charge >= 0.3 is 0 Å². The summed E-state index contributed by atoms with van der Waals surface area (Å²) in [7, 11) is -3.75. The van der Waals surface area contributed by atoms with E-state index in [1.165, 1.54) is 16.4 Å². The molecule has 2 aliphatic heterocycles. The largest absolute Gasteiger partial charge is 0.373 e. The molecule has 2 unspecified atom stereocenters. The van der Waals surface area contributed by atoms with E-state index in [1.807, 2.05) is 19.9 Å². The monoisotopic (exact) mass is 406 g/mol. The fraction of sp³-hybridized carbons (Fsp3) is 0.579. The van der Waals surface area contributed by atoms with Gasteiger partial charge in [0, 0.05) is 39.3 Å². The topological polar surface area (TPSA) is 94.0 Å². The van der Waals surface area contributed by atoms with Crippen LogP contribution in [0.1, 0.15) is 19.4 Å². The zero-order chi connectivity index (χ0) is 20.3. The van der Waals surface area contributed by atoms with Gasteiger partial charge in [0.25, 0.3) is 0 Å². The highest BCUT2D eigenvalue weighted by Gasteiger charge is 2.32. The number of hydrogen-bond donors (Lipinski definition) is 0. The molecular weight excluding hydrogens is 380 g/mol. The maximum Gasteiger partial charge on any atom is 0.244 e. The second-order valence-electron chi connectivity index (χ2n) is 7.34. The van der Waals surface area contributed by atoms with Gasteiger partial charge in [0.05, 0.1) is 29.2 Å². The molecule has 0 N–H and O–H groups in total. The highest BCUT2D eigenvalue weighted by Crippen LogP contribution is 2.21. The quantitative estimate of drug-likeness (QED) is 0.723. The number of benzene rings is 1. The number of hydrogen-bond acceptors (Lipinski definition) is 6. The number of nitriles is 1. The number of ether oxygens (including phenoxy) is 1. The summed E-state index contributed by atoms with van der Waals surface area (Å²) in [6, 6.07) is 8.13. The van der Waals surface area contributed by atoms with E-state index in [0.29, 0.717) is 19.6 Å². The van der Waals surface area contributed by atoms with E-state index in [0.717, 1.165) is 13.1 Å². The Kier molecular flexibility index (Phi) is 6.35. The molecule has 2 aliphatic rings. The number of carbonyl (C=O) groups is 1. The minimum atomic E-state index is -3.75. The molecule has 0 aliphatic carbocycles. The average molecular weight is 407 g/mol. The van der Waals surface area contributed by atoms with Crippen molar-refractivity contribution < 1.29 is 17.9 Å². The van der Waals surface area contributed by atoms with Gasteiger partial charge in [-0.05, 0) is 26.0 Å². The van der Waals surface area contributed by atoms with Gasteiger partial charge in [-0.3, -0.25) is 9.69 Å². The van der Waals surface area contributed by atoms with Crippen LogP contribution < -0.4 is 0 Å². The maximum atomic E-state index is 12.9. The van der Waals surface area contributed by atoms with Gasteiger partial charge in [0.2, 0.25) is 15.9 Å². The van der Waals surface area contributed by atoms with Crippen LogP contribution in [0.5, 0.6) is 0 Å². The van der Waals surface area contributed by atoms with E-state index < -0.39 is 10.0 Å². The fourth-order valence-corrected chi connectivity index (χ4v) is 5.37. The Morgan fingerprint density at radius 3 is 2.36 bits per heavy atom. The third kappa shape index (κ3) is 4.52. The number of nitrogens with zero attached hydrogens (tertiary/aromatic N) is 4. The third-order valence-corrected chi connectivity index (χ3v) is 7.03. The van der Waals surface area contributed by atoms with Crippen molar-refractivity contribution in [3.8, 4) is 6.07 Å². The van der Waals surface area contributed by atoms with Crippen molar-refractivity contribution in [2.24, 2.45) is 0 Å². The van der Waals surface area contributed by atoms with E-state index in [2.05, 4.69) is 4.90 Å². The average Bonchev–Trinajstić information content (AvgIpc) is 2.67. The van der Waals surface area contributed by atoms with Crippen molar-refractivity contribution in [1.82, 2.24) is 14.1 Å². The lowest BCUT2D eigenvalue weighted by Gasteiger charge is -2.38. The molecule has 0 radical (unpaired) electrons. The number of morpholine rings is 1. The first-order chi connectivity index (χ1) is 13.3. The molecule has 0 bridgehead atoms. The molecule has 3 rings (SSSR count). The van der Waals surface area contributed by atoms with Crippen LogP contribution in [0.25, 0.3) is 0 Å².